The van der Waals surface area contributed by atoms with E-state index in [0.717, 1.165) is 32.4 Å². The molecule has 2 N–H and O–H groups in total. The van der Waals surface area contributed by atoms with Gasteiger partial charge in [-0.05, 0) is 38.1 Å². The number of amides is 1. The summed E-state index contributed by atoms with van der Waals surface area (Å²) in [7, 11) is 0. The Labute approximate surface area is 97.1 Å². The summed E-state index contributed by atoms with van der Waals surface area (Å²) < 4.78 is 5.48. The van der Waals surface area contributed by atoms with E-state index >= 15 is 0 Å². The second-order valence-electron chi connectivity index (χ2n) is 5.02. The molecular weight excluding hydrogens is 204 g/mol. The fraction of sp³-hybridized carbons (Fsp3) is 0.917. The molecule has 92 valence electrons. The van der Waals surface area contributed by atoms with Crippen molar-refractivity contribution >= 4 is 5.91 Å². The van der Waals surface area contributed by atoms with Crippen LogP contribution in [0.25, 0.3) is 0 Å². The minimum Gasteiger partial charge on any atom is -0.376 e. The highest BCUT2D eigenvalue weighted by atomic mass is 16.5. The highest BCUT2D eigenvalue weighted by Gasteiger charge is 2.25. The highest BCUT2D eigenvalue weighted by molar-refractivity contribution is 5.81. The monoisotopic (exact) mass is 226 g/mol. The molecule has 4 heteroatoms. The van der Waals surface area contributed by atoms with Gasteiger partial charge in [-0.15, -0.1) is 0 Å². The van der Waals surface area contributed by atoms with Crippen LogP contribution in [0.5, 0.6) is 0 Å². The Bertz CT molecular complexity index is 239. The van der Waals surface area contributed by atoms with Crippen molar-refractivity contribution in [2.45, 2.75) is 44.8 Å². The summed E-state index contributed by atoms with van der Waals surface area (Å²) in [4.78, 5) is 11.9. The smallest absolute Gasteiger partial charge is 0.237 e. The van der Waals surface area contributed by atoms with Gasteiger partial charge in [-0.25, -0.2) is 0 Å². The van der Waals surface area contributed by atoms with Crippen molar-refractivity contribution in [3.63, 3.8) is 0 Å². The fourth-order valence-corrected chi connectivity index (χ4v) is 2.45. The van der Waals surface area contributed by atoms with E-state index in [9.17, 15) is 4.79 Å². The highest BCUT2D eigenvalue weighted by Crippen LogP contribution is 2.15. The average Bonchev–Trinajstić information content (AvgIpc) is 2.78. The van der Waals surface area contributed by atoms with Crippen LogP contribution >= 0.6 is 0 Å². The lowest BCUT2D eigenvalue weighted by atomic mass is 9.94. The Morgan fingerprint density at radius 2 is 2.38 bits per heavy atom. The molecule has 0 radical (unpaired) electrons. The zero-order valence-corrected chi connectivity index (χ0v) is 10.00. The number of nitrogens with one attached hydrogen (secondary N) is 2. The molecule has 2 rings (SSSR count). The van der Waals surface area contributed by atoms with E-state index in [4.69, 9.17) is 4.74 Å². The van der Waals surface area contributed by atoms with Gasteiger partial charge in [-0.2, -0.15) is 0 Å². The maximum absolute atomic E-state index is 11.9. The molecular formula is C12H22N2O2. The molecule has 0 aromatic rings. The van der Waals surface area contributed by atoms with Gasteiger partial charge < -0.3 is 15.4 Å². The van der Waals surface area contributed by atoms with E-state index in [1.165, 1.54) is 6.42 Å². The van der Waals surface area contributed by atoms with Gasteiger partial charge in [-0.3, -0.25) is 4.79 Å². The van der Waals surface area contributed by atoms with Crippen molar-refractivity contribution in [1.29, 1.82) is 0 Å². The van der Waals surface area contributed by atoms with Crippen LogP contribution in [0.2, 0.25) is 0 Å². The van der Waals surface area contributed by atoms with Crippen LogP contribution in [-0.2, 0) is 9.53 Å². The van der Waals surface area contributed by atoms with E-state index in [-0.39, 0.29) is 18.1 Å². The Balaban J connectivity index is 1.70. The van der Waals surface area contributed by atoms with Crippen molar-refractivity contribution in [1.82, 2.24) is 10.6 Å². The number of carbonyl (C=O) groups is 1. The zero-order valence-electron chi connectivity index (χ0n) is 10.00. The van der Waals surface area contributed by atoms with Gasteiger partial charge in [0.05, 0.1) is 12.1 Å². The lowest BCUT2D eigenvalue weighted by Crippen LogP contribution is -2.49. The molecule has 1 amide bonds. The van der Waals surface area contributed by atoms with Gasteiger partial charge in [0, 0.05) is 13.2 Å². The summed E-state index contributed by atoms with van der Waals surface area (Å²) in [6.45, 7) is 4.69. The third kappa shape index (κ3) is 3.19. The lowest BCUT2D eigenvalue weighted by Gasteiger charge is -2.27. The van der Waals surface area contributed by atoms with Crippen LogP contribution < -0.4 is 10.6 Å². The van der Waals surface area contributed by atoms with Crippen LogP contribution in [0.1, 0.15) is 32.6 Å². The summed E-state index contributed by atoms with van der Waals surface area (Å²) in [6, 6.07) is 0.00477. The summed E-state index contributed by atoms with van der Waals surface area (Å²) in [6.07, 6.45) is 4.57. The molecule has 2 aliphatic heterocycles. The molecule has 0 aromatic carbocycles. The maximum atomic E-state index is 11.9. The largest absolute Gasteiger partial charge is 0.376 e. The third-order valence-electron chi connectivity index (χ3n) is 3.51. The second-order valence-corrected chi connectivity index (χ2v) is 5.02. The average molecular weight is 226 g/mol. The molecule has 2 heterocycles. The van der Waals surface area contributed by atoms with Crippen LogP contribution in [-0.4, -0.2) is 37.7 Å². The summed E-state index contributed by atoms with van der Waals surface area (Å²) in [5.41, 5.74) is 0. The van der Waals surface area contributed by atoms with Crippen LogP contribution in [0.3, 0.4) is 0 Å². The van der Waals surface area contributed by atoms with E-state index in [1.54, 1.807) is 0 Å². The molecule has 4 nitrogen and oxygen atoms in total. The molecule has 2 fully saturated rings. The van der Waals surface area contributed by atoms with Crippen LogP contribution in [0.4, 0.5) is 0 Å². The number of piperidine rings is 1. The van der Waals surface area contributed by atoms with Crippen molar-refractivity contribution in [2.24, 2.45) is 5.92 Å². The Kier molecular flexibility index (Phi) is 4.18. The second kappa shape index (κ2) is 5.64. The number of carbonyl (C=O) groups excluding carboxylic acids is 1. The van der Waals surface area contributed by atoms with Crippen molar-refractivity contribution in [3.8, 4) is 0 Å². The molecule has 3 unspecified atom stereocenters. The molecule has 2 saturated heterocycles. The molecule has 16 heavy (non-hydrogen) atoms. The van der Waals surface area contributed by atoms with Gasteiger partial charge in [0.15, 0.2) is 0 Å². The molecule has 0 spiro atoms. The van der Waals surface area contributed by atoms with Gasteiger partial charge in [-0.1, -0.05) is 6.92 Å². The maximum Gasteiger partial charge on any atom is 0.237 e. The number of ether oxygens (including phenoxy) is 1. The molecule has 0 aliphatic carbocycles. The first kappa shape index (κ1) is 11.9. The molecule has 2 aliphatic rings. The summed E-state index contributed by atoms with van der Waals surface area (Å²) in [5, 5.41) is 6.26. The quantitative estimate of drug-likeness (QED) is 0.743. The van der Waals surface area contributed by atoms with E-state index in [1.807, 2.05) is 0 Å². The molecule has 0 aromatic heterocycles. The van der Waals surface area contributed by atoms with E-state index < -0.39 is 0 Å². The Hall–Kier alpha value is -0.610. The normalized spacial score (nSPS) is 34.9. The Morgan fingerprint density at radius 3 is 3.06 bits per heavy atom. The number of hydrogen-bond donors (Lipinski definition) is 2. The van der Waals surface area contributed by atoms with E-state index in [2.05, 4.69) is 17.6 Å². The van der Waals surface area contributed by atoms with Gasteiger partial charge >= 0.3 is 0 Å². The summed E-state index contributed by atoms with van der Waals surface area (Å²) >= 11 is 0. The van der Waals surface area contributed by atoms with Crippen molar-refractivity contribution < 1.29 is 9.53 Å². The van der Waals surface area contributed by atoms with Crippen molar-refractivity contribution in [3.05, 3.63) is 0 Å². The van der Waals surface area contributed by atoms with Gasteiger partial charge in [0.1, 0.15) is 0 Å². The number of rotatable bonds is 3. The third-order valence-corrected chi connectivity index (χ3v) is 3.51. The first-order valence-corrected chi connectivity index (χ1v) is 6.38. The van der Waals surface area contributed by atoms with Crippen LogP contribution in [0, 0.1) is 5.92 Å². The number of hydrogen-bond acceptors (Lipinski definition) is 3. The minimum atomic E-state index is 0.00477. The van der Waals surface area contributed by atoms with Crippen molar-refractivity contribution in [2.75, 3.05) is 19.7 Å². The summed E-state index contributed by atoms with van der Waals surface area (Å²) in [5.74, 6) is 0.793. The molecule has 3 atom stereocenters. The molecule has 0 bridgehead atoms. The standard InChI is InChI=1S/C12H22N2O2/c1-9-4-5-13-11(7-9)12(15)14-8-10-3-2-6-16-10/h9-11,13H,2-8H2,1H3,(H,14,15). The topological polar surface area (TPSA) is 50.4 Å². The first-order valence-electron chi connectivity index (χ1n) is 6.38. The van der Waals surface area contributed by atoms with E-state index in [0.29, 0.717) is 12.5 Å². The molecule has 0 saturated carbocycles. The Morgan fingerprint density at radius 1 is 1.50 bits per heavy atom. The lowest BCUT2D eigenvalue weighted by molar-refractivity contribution is -0.124. The minimum absolute atomic E-state index is 0.00477. The van der Waals surface area contributed by atoms with Gasteiger partial charge in [0.25, 0.3) is 0 Å². The SMILES string of the molecule is CC1CCNC(C(=O)NCC2CCCO2)C1. The fourth-order valence-electron chi connectivity index (χ4n) is 2.45. The zero-order chi connectivity index (χ0) is 11.4. The van der Waals surface area contributed by atoms with Gasteiger partial charge in [0.2, 0.25) is 5.91 Å². The first-order chi connectivity index (χ1) is 7.75. The predicted molar refractivity (Wildman–Crippen MR) is 62.2 cm³/mol. The predicted octanol–water partition coefficient (Wildman–Crippen LogP) is 0.670. The van der Waals surface area contributed by atoms with Crippen LogP contribution in [0.15, 0.2) is 0 Å².